The summed E-state index contributed by atoms with van der Waals surface area (Å²) in [5.74, 6) is -2.58. The van der Waals surface area contributed by atoms with Gasteiger partial charge < -0.3 is 10.2 Å². The van der Waals surface area contributed by atoms with E-state index in [0.29, 0.717) is 22.1 Å². The van der Waals surface area contributed by atoms with Gasteiger partial charge in [0.05, 0.1) is 5.56 Å². The molecule has 0 saturated carbocycles. The maximum atomic E-state index is 13.7. The third-order valence-electron chi connectivity index (χ3n) is 5.15. The van der Waals surface area contributed by atoms with Crippen molar-refractivity contribution in [3.8, 4) is 0 Å². The van der Waals surface area contributed by atoms with E-state index in [1.54, 1.807) is 23.2 Å². The van der Waals surface area contributed by atoms with Gasteiger partial charge >= 0.3 is 0 Å². The lowest BCUT2D eigenvalue weighted by Gasteiger charge is -2.34. The lowest BCUT2D eigenvalue weighted by Crippen LogP contribution is -2.41. The fourth-order valence-electron chi connectivity index (χ4n) is 3.56. The normalized spacial score (nSPS) is 16.4. The average molecular weight is 436 g/mol. The van der Waals surface area contributed by atoms with Gasteiger partial charge in [0.1, 0.15) is 10.8 Å². The second kappa shape index (κ2) is 8.47. The summed E-state index contributed by atoms with van der Waals surface area (Å²) in [5.41, 5.74) is 2.43. The predicted molar refractivity (Wildman–Crippen MR) is 116 cm³/mol. The van der Waals surface area contributed by atoms with Crippen molar-refractivity contribution < 1.29 is 13.6 Å². The minimum Gasteiger partial charge on any atom is -0.355 e. The molecule has 1 fully saturated rings. The quantitative estimate of drug-likeness (QED) is 0.686. The molecule has 2 aromatic heterocycles. The number of anilines is 2. The highest BCUT2D eigenvalue weighted by atomic mass is 32.2. The Bertz CT molecular complexity index is 935. The molecule has 6 nitrogen and oxygen atoms in total. The maximum absolute atomic E-state index is 13.7. The number of nitrogens with zero attached hydrogens (tertiary/aromatic N) is 3. The molecule has 3 heterocycles. The summed E-state index contributed by atoms with van der Waals surface area (Å²) in [6, 6.07) is 5.18. The summed E-state index contributed by atoms with van der Waals surface area (Å²) in [6.07, 6.45) is 1.06. The standard InChI is InChI=1S/C21H27F2N5OS/c1-13-16(20(2,3)4)12-15(18(26-13)28-9-6-21(22,23)7-10-28)19(29)27-14-5-8-25-17(11-14)30-24/h5,8,11-12H,6-7,9-10,24H2,1-4H3,(H,25,27,29). The van der Waals surface area contributed by atoms with Gasteiger partial charge in [0, 0.05) is 43.5 Å². The zero-order valence-corrected chi connectivity index (χ0v) is 18.4. The zero-order chi connectivity index (χ0) is 22.1. The summed E-state index contributed by atoms with van der Waals surface area (Å²) in [6.45, 7) is 8.34. The van der Waals surface area contributed by atoms with Crippen molar-refractivity contribution in [2.45, 2.75) is 56.9 Å². The fourth-order valence-corrected chi connectivity index (χ4v) is 3.87. The molecule has 1 aliphatic heterocycles. The number of amides is 1. The van der Waals surface area contributed by atoms with Crippen LogP contribution in [0, 0.1) is 6.92 Å². The summed E-state index contributed by atoms with van der Waals surface area (Å²) in [5, 5.41) is 8.99. The number of nitrogens with one attached hydrogen (secondary N) is 1. The molecule has 162 valence electrons. The third kappa shape index (κ3) is 5.07. The molecule has 0 radical (unpaired) electrons. The molecule has 0 aromatic carbocycles. The van der Waals surface area contributed by atoms with Crippen molar-refractivity contribution in [2.24, 2.45) is 5.14 Å². The number of hydrogen-bond donors (Lipinski definition) is 2. The van der Waals surface area contributed by atoms with Crippen LogP contribution in [0.15, 0.2) is 29.4 Å². The smallest absolute Gasteiger partial charge is 0.259 e. The molecule has 2 aromatic rings. The van der Waals surface area contributed by atoms with Gasteiger partial charge in [0.2, 0.25) is 0 Å². The number of aryl methyl sites for hydroxylation is 1. The first-order valence-electron chi connectivity index (χ1n) is 9.79. The minimum absolute atomic E-state index is 0.151. The van der Waals surface area contributed by atoms with Crippen molar-refractivity contribution in [2.75, 3.05) is 23.3 Å². The van der Waals surface area contributed by atoms with Crippen molar-refractivity contribution in [1.82, 2.24) is 9.97 Å². The molecule has 0 aliphatic carbocycles. The molecular formula is C21H27F2N5OS. The number of aromatic nitrogens is 2. The highest BCUT2D eigenvalue weighted by molar-refractivity contribution is 7.97. The lowest BCUT2D eigenvalue weighted by atomic mass is 9.85. The van der Waals surface area contributed by atoms with Gasteiger partial charge in [0.25, 0.3) is 11.8 Å². The van der Waals surface area contributed by atoms with E-state index in [9.17, 15) is 13.6 Å². The van der Waals surface area contributed by atoms with Gasteiger partial charge in [0.15, 0.2) is 0 Å². The van der Waals surface area contributed by atoms with E-state index in [-0.39, 0.29) is 37.3 Å². The highest BCUT2D eigenvalue weighted by Crippen LogP contribution is 2.34. The Labute approximate surface area is 179 Å². The predicted octanol–water partition coefficient (Wildman–Crippen LogP) is 4.54. The molecule has 1 aliphatic rings. The van der Waals surface area contributed by atoms with Crippen LogP contribution in [0.5, 0.6) is 0 Å². The Balaban J connectivity index is 2.00. The molecule has 9 heteroatoms. The number of piperidine rings is 1. The van der Waals surface area contributed by atoms with E-state index < -0.39 is 5.92 Å². The van der Waals surface area contributed by atoms with E-state index in [4.69, 9.17) is 10.1 Å². The Morgan fingerprint density at radius 1 is 1.27 bits per heavy atom. The number of carbonyl (C=O) groups excluding carboxylic acids is 1. The number of carbonyl (C=O) groups is 1. The summed E-state index contributed by atoms with van der Waals surface area (Å²) in [4.78, 5) is 23.8. The number of alkyl halides is 2. The largest absolute Gasteiger partial charge is 0.355 e. The first-order valence-corrected chi connectivity index (χ1v) is 10.7. The van der Waals surface area contributed by atoms with Crippen molar-refractivity contribution in [1.29, 1.82) is 0 Å². The number of halogens is 2. The van der Waals surface area contributed by atoms with Crippen LogP contribution in [0.1, 0.15) is 55.2 Å². The molecule has 1 saturated heterocycles. The monoisotopic (exact) mass is 435 g/mol. The Morgan fingerprint density at radius 3 is 2.53 bits per heavy atom. The Kier molecular flexibility index (Phi) is 6.33. The number of hydrogen-bond acceptors (Lipinski definition) is 6. The van der Waals surface area contributed by atoms with Gasteiger partial charge in [-0.1, -0.05) is 20.8 Å². The summed E-state index contributed by atoms with van der Waals surface area (Å²) in [7, 11) is 0. The summed E-state index contributed by atoms with van der Waals surface area (Å²) >= 11 is 0.985. The first kappa shape index (κ1) is 22.4. The molecule has 0 unspecified atom stereocenters. The van der Waals surface area contributed by atoms with Crippen molar-refractivity contribution >= 4 is 29.4 Å². The molecule has 0 atom stereocenters. The second-order valence-corrected chi connectivity index (χ2v) is 9.19. The third-order valence-corrected chi connectivity index (χ3v) is 5.62. The average Bonchev–Trinajstić information content (AvgIpc) is 2.67. The van der Waals surface area contributed by atoms with E-state index in [0.717, 1.165) is 23.2 Å². The molecule has 1 amide bonds. The minimum atomic E-state index is -2.67. The molecule has 3 rings (SSSR count). The lowest BCUT2D eigenvalue weighted by molar-refractivity contribution is -0.0221. The zero-order valence-electron chi connectivity index (χ0n) is 17.6. The van der Waals surface area contributed by atoms with Gasteiger partial charge in [-0.3, -0.25) is 9.93 Å². The van der Waals surface area contributed by atoms with Crippen LogP contribution in [-0.2, 0) is 5.41 Å². The fraction of sp³-hybridized carbons (Fsp3) is 0.476. The first-order chi connectivity index (χ1) is 14.0. The summed E-state index contributed by atoms with van der Waals surface area (Å²) < 4.78 is 27.3. The van der Waals surface area contributed by atoms with Crippen LogP contribution in [0.4, 0.5) is 20.3 Å². The second-order valence-electron chi connectivity index (χ2n) is 8.54. The van der Waals surface area contributed by atoms with Gasteiger partial charge in [-0.05, 0) is 48.0 Å². The van der Waals surface area contributed by atoms with Gasteiger partial charge in [-0.15, -0.1) is 0 Å². The van der Waals surface area contributed by atoms with Crippen molar-refractivity contribution in [3.63, 3.8) is 0 Å². The van der Waals surface area contributed by atoms with E-state index in [1.807, 2.05) is 33.8 Å². The van der Waals surface area contributed by atoms with Crippen LogP contribution in [0.2, 0.25) is 0 Å². The van der Waals surface area contributed by atoms with Crippen LogP contribution in [0.3, 0.4) is 0 Å². The van der Waals surface area contributed by atoms with E-state index >= 15 is 0 Å². The van der Waals surface area contributed by atoms with Crippen LogP contribution < -0.4 is 15.4 Å². The maximum Gasteiger partial charge on any atom is 0.259 e. The SMILES string of the molecule is Cc1nc(N2CCC(F)(F)CC2)c(C(=O)Nc2ccnc(SN)c2)cc1C(C)(C)C. The Morgan fingerprint density at radius 2 is 1.93 bits per heavy atom. The molecule has 30 heavy (non-hydrogen) atoms. The molecular weight excluding hydrogens is 408 g/mol. The number of nitrogens with two attached hydrogens (primary N) is 1. The van der Waals surface area contributed by atoms with Crippen LogP contribution in [-0.4, -0.2) is 34.9 Å². The molecule has 3 N–H and O–H groups in total. The van der Waals surface area contributed by atoms with Crippen molar-refractivity contribution in [3.05, 3.63) is 41.2 Å². The van der Waals surface area contributed by atoms with E-state index in [1.165, 1.54) is 0 Å². The van der Waals surface area contributed by atoms with Gasteiger partial charge in [-0.25, -0.2) is 18.7 Å². The van der Waals surface area contributed by atoms with Crippen LogP contribution >= 0.6 is 11.9 Å². The molecule has 0 bridgehead atoms. The topological polar surface area (TPSA) is 84.1 Å². The highest BCUT2D eigenvalue weighted by Gasteiger charge is 2.36. The van der Waals surface area contributed by atoms with Crippen LogP contribution in [0.25, 0.3) is 0 Å². The van der Waals surface area contributed by atoms with Gasteiger partial charge in [-0.2, -0.15) is 0 Å². The number of rotatable bonds is 4. The number of pyridine rings is 2. The molecule has 0 spiro atoms. The Hall–Kier alpha value is -2.26. The van der Waals surface area contributed by atoms with E-state index in [2.05, 4.69) is 10.3 Å².